The van der Waals surface area contributed by atoms with Crippen LogP contribution in [-0.4, -0.2) is 37.2 Å². The lowest BCUT2D eigenvalue weighted by Gasteiger charge is -2.18. The molecule has 0 N–H and O–H groups in total. The van der Waals surface area contributed by atoms with Gasteiger partial charge in [-0.05, 0) is 135 Å². The molecule has 0 aliphatic rings. The van der Waals surface area contributed by atoms with Gasteiger partial charge in [-0.25, -0.2) is 0 Å². The van der Waals surface area contributed by atoms with Crippen LogP contribution in [0.2, 0.25) is 0 Å². The molecule has 0 aliphatic carbocycles. The number of ether oxygens (including phenoxy) is 3. The van der Waals surface area contributed by atoms with Gasteiger partial charge < -0.3 is 14.2 Å². The van der Waals surface area contributed by atoms with Gasteiger partial charge in [-0.15, -0.1) is 0 Å². The van der Waals surface area contributed by atoms with E-state index < -0.39 is 6.10 Å². The maximum absolute atomic E-state index is 12.9. The lowest BCUT2D eigenvalue weighted by atomic mass is 10.0. The number of esters is 3. The number of hydrogen-bond donors (Lipinski definition) is 0. The molecule has 0 spiro atoms. The average Bonchev–Trinajstić information content (AvgIpc) is 3.48. The lowest BCUT2D eigenvalue weighted by Crippen LogP contribution is -2.30. The first-order valence-electron chi connectivity index (χ1n) is 34.2. The fraction of sp³-hybridized carbons (Fsp3) is 0.671. The van der Waals surface area contributed by atoms with Crippen LogP contribution in [0.1, 0.15) is 310 Å². The molecule has 0 radical (unpaired) electrons. The molecule has 1 unspecified atom stereocenters. The number of carbonyl (C=O) groups is 3. The average molecular weight is 1140 g/mol. The summed E-state index contributed by atoms with van der Waals surface area (Å²) in [5.74, 6) is -0.942. The second-order valence-corrected chi connectivity index (χ2v) is 22.3. The third kappa shape index (κ3) is 66.4. The summed E-state index contributed by atoms with van der Waals surface area (Å²) in [4.78, 5) is 38.3. The van der Waals surface area contributed by atoms with E-state index in [-0.39, 0.29) is 37.5 Å². The van der Waals surface area contributed by atoms with Crippen LogP contribution >= 0.6 is 0 Å². The van der Waals surface area contributed by atoms with E-state index in [9.17, 15) is 14.4 Å². The Morgan fingerprint density at radius 3 is 0.780 bits per heavy atom. The summed E-state index contributed by atoms with van der Waals surface area (Å²) in [6, 6.07) is 0. The van der Waals surface area contributed by atoms with Gasteiger partial charge in [0.1, 0.15) is 13.2 Å². The van der Waals surface area contributed by atoms with Gasteiger partial charge in [-0.3, -0.25) is 14.4 Å². The summed E-state index contributed by atoms with van der Waals surface area (Å²) >= 11 is 0. The van der Waals surface area contributed by atoms with Crippen molar-refractivity contribution in [3.05, 3.63) is 134 Å². The first-order valence-corrected chi connectivity index (χ1v) is 34.2. The Morgan fingerprint density at radius 2 is 0.476 bits per heavy atom. The number of rotatable bonds is 61. The van der Waals surface area contributed by atoms with Crippen molar-refractivity contribution < 1.29 is 28.6 Å². The fourth-order valence-corrected chi connectivity index (χ4v) is 9.32. The first kappa shape index (κ1) is 77.5. The Bertz CT molecular complexity index is 1730. The molecule has 0 bridgehead atoms. The lowest BCUT2D eigenvalue weighted by molar-refractivity contribution is -0.167. The molecular formula is C76H126O6. The maximum Gasteiger partial charge on any atom is 0.306 e. The second kappa shape index (κ2) is 69.0. The number of hydrogen-bond acceptors (Lipinski definition) is 6. The van der Waals surface area contributed by atoms with Crippen molar-refractivity contribution in [2.45, 2.75) is 316 Å². The van der Waals surface area contributed by atoms with Gasteiger partial charge in [-0.1, -0.05) is 289 Å². The number of allylic oxidation sites excluding steroid dienone is 22. The highest BCUT2D eigenvalue weighted by atomic mass is 16.6. The van der Waals surface area contributed by atoms with Crippen LogP contribution < -0.4 is 0 Å². The second-order valence-electron chi connectivity index (χ2n) is 22.3. The molecule has 6 nitrogen and oxygen atoms in total. The largest absolute Gasteiger partial charge is 0.462 e. The molecule has 0 aromatic rings. The summed E-state index contributed by atoms with van der Waals surface area (Å²) in [7, 11) is 0. The molecular weight excluding hydrogens is 1010 g/mol. The van der Waals surface area contributed by atoms with E-state index in [0.29, 0.717) is 19.3 Å². The molecule has 0 aromatic carbocycles. The number of carbonyl (C=O) groups excluding carboxylic acids is 3. The van der Waals surface area contributed by atoms with E-state index in [1.54, 1.807) is 0 Å². The van der Waals surface area contributed by atoms with Gasteiger partial charge in [0, 0.05) is 19.3 Å². The summed E-state index contributed by atoms with van der Waals surface area (Å²) < 4.78 is 16.9. The molecule has 0 aliphatic heterocycles. The molecule has 82 heavy (non-hydrogen) atoms. The predicted octanol–water partition coefficient (Wildman–Crippen LogP) is 23.7. The molecule has 0 saturated carbocycles. The molecule has 0 amide bonds. The van der Waals surface area contributed by atoms with Crippen LogP contribution in [-0.2, 0) is 28.6 Å². The van der Waals surface area contributed by atoms with E-state index >= 15 is 0 Å². The SMILES string of the molecule is CC/C=C\C/C=C\C/C=C\C/C=C\C/C=C\C/C=C\CCCCCCCCCCCCCCCCCCC(=O)OCC(COC(=O)CCCCCCC/C=C\CCCCCCC)OC(=O)CCCC/C=C\C/C=C\C/C=C\C/C=C\CC. The van der Waals surface area contributed by atoms with Crippen molar-refractivity contribution >= 4 is 17.9 Å². The zero-order chi connectivity index (χ0) is 59.2. The summed E-state index contributed by atoms with van der Waals surface area (Å²) in [6.07, 6.45) is 97.7. The van der Waals surface area contributed by atoms with Crippen LogP contribution in [0.5, 0.6) is 0 Å². The monoisotopic (exact) mass is 1130 g/mol. The minimum atomic E-state index is -0.806. The van der Waals surface area contributed by atoms with Gasteiger partial charge >= 0.3 is 17.9 Å². The zero-order valence-corrected chi connectivity index (χ0v) is 53.5. The van der Waals surface area contributed by atoms with Crippen molar-refractivity contribution in [2.75, 3.05) is 13.2 Å². The quantitative estimate of drug-likeness (QED) is 0.0261. The zero-order valence-electron chi connectivity index (χ0n) is 53.5. The summed E-state index contributed by atoms with van der Waals surface area (Å²) in [5.41, 5.74) is 0. The third-order valence-electron chi connectivity index (χ3n) is 14.4. The van der Waals surface area contributed by atoms with Crippen LogP contribution in [0.4, 0.5) is 0 Å². The summed E-state index contributed by atoms with van der Waals surface area (Å²) in [5, 5.41) is 0. The molecule has 0 rings (SSSR count). The highest BCUT2D eigenvalue weighted by Crippen LogP contribution is 2.16. The van der Waals surface area contributed by atoms with E-state index in [4.69, 9.17) is 14.2 Å². The van der Waals surface area contributed by atoms with Crippen molar-refractivity contribution in [2.24, 2.45) is 0 Å². The predicted molar refractivity (Wildman–Crippen MR) is 357 cm³/mol. The van der Waals surface area contributed by atoms with Crippen LogP contribution in [0.25, 0.3) is 0 Å². The minimum Gasteiger partial charge on any atom is -0.462 e. The molecule has 6 heteroatoms. The Kier molecular flexibility index (Phi) is 65.3. The minimum absolute atomic E-state index is 0.0978. The Morgan fingerprint density at radius 1 is 0.256 bits per heavy atom. The fourth-order valence-electron chi connectivity index (χ4n) is 9.32. The smallest absolute Gasteiger partial charge is 0.306 e. The van der Waals surface area contributed by atoms with Crippen molar-refractivity contribution in [1.82, 2.24) is 0 Å². The maximum atomic E-state index is 12.9. The summed E-state index contributed by atoms with van der Waals surface area (Å²) in [6.45, 7) is 6.37. The molecule has 0 heterocycles. The van der Waals surface area contributed by atoms with E-state index in [1.807, 2.05) is 0 Å². The van der Waals surface area contributed by atoms with Gasteiger partial charge in [0.05, 0.1) is 0 Å². The Hall–Kier alpha value is -4.45. The van der Waals surface area contributed by atoms with Gasteiger partial charge in [0.15, 0.2) is 6.10 Å². The van der Waals surface area contributed by atoms with Gasteiger partial charge in [-0.2, -0.15) is 0 Å². The first-order chi connectivity index (χ1) is 40.5. The molecule has 466 valence electrons. The standard InChI is InChI=1S/C76H126O6/c1-4-7-10-13-16-19-22-25-28-29-30-31-32-33-34-35-36-37-38-39-40-41-42-43-44-45-46-47-49-51-54-57-60-63-66-69-75(78)81-72-73(71-80-74(77)68-65-62-59-56-53-50-27-24-21-18-15-12-9-6-3)82-76(79)70-67-64-61-58-55-52-48-26-23-20-17-14-11-8-5-2/h7-8,10-11,16-17,19-20,24-28,30-31,33-34,36-37,48,55,58,73H,4-6,9,12-15,18,21-23,29,32,35,38-47,49-54,56-57,59-72H2,1-3H3/b10-7-,11-8-,19-16-,20-17-,27-24-,28-25-,31-30-,34-33-,37-36-,48-26-,58-55-. The van der Waals surface area contributed by atoms with Crippen molar-refractivity contribution in [3.63, 3.8) is 0 Å². The number of unbranched alkanes of at least 4 members (excludes halogenated alkanes) is 28. The van der Waals surface area contributed by atoms with Crippen LogP contribution in [0, 0.1) is 0 Å². The molecule has 1 atom stereocenters. The van der Waals surface area contributed by atoms with Crippen LogP contribution in [0.3, 0.4) is 0 Å². The normalized spacial score (nSPS) is 13.0. The van der Waals surface area contributed by atoms with Crippen LogP contribution in [0.15, 0.2) is 134 Å². The Labute approximate surface area is 506 Å². The highest BCUT2D eigenvalue weighted by molar-refractivity contribution is 5.71. The molecule has 0 fully saturated rings. The van der Waals surface area contributed by atoms with E-state index in [0.717, 1.165) is 128 Å². The highest BCUT2D eigenvalue weighted by Gasteiger charge is 2.19. The molecule has 0 aromatic heterocycles. The van der Waals surface area contributed by atoms with Crippen molar-refractivity contribution in [1.29, 1.82) is 0 Å². The van der Waals surface area contributed by atoms with E-state index in [2.05, 4.69) is 154 Å². The van der Waals surface area contributed by atoms with Crippen molar-refractivity contribution in [3.8, 4) is 0 Å². The Balaban J connectivity index is 4.20. The third-order valence-corrected chi connectivity index (χ3v) is 14.4. The molecule has 0 saturated heterocycles. The van der Waals surface area contributed by atoms with Gasteiger partial charge in [0.2, 0.25) is 0 Å². The topological polar surface area (TPSA) is 78.9 Å². The van der Waals surface area contributed by atoms with E-state index in [1.165, 1.54) is 135 Å². The van der Waals surface area contributed by atoms with Gasteiger partial charge in [0.25, 0.3) is 0 Å².